The van der Waals surface area contributed by atoms with Crippen molar-refractivity contribution >= 4 is 40.4 Å². The van der Waals surface area contributed by atoms with Crippen LogP contribution < -0.4 is 15.6 Å². The Bertz CT molecular complexity index is 1120. The van der Waals surface area contributed by atoms with E-state index in [0.29, 0.717) is 5.56 Å². The lowest BCUT2D eigenvalue weighted by molar-refractivity contribution is 0.0955. The lowest BCUT2D eigenvalue weighted by Crippen LogP contribution is -2.22. The lowest BCUT2D eigenvalue weighted by Gasteiger charge is -2.21. The molecule has 6 heteroatoms. The average molecular weight is 431 g/mol. The number of anilines is 3. The number of amides is 1. The maximum atomic E-state index is 12.5. The van der Waals surface area contributed by atoms with E-state index in [0.717, 1.165) is 41.4 Å². The number of hydrogen-bond acceptors (Lipinski definition) is 5. The predicted octanol–water partition coefficient (Wildman–Crippen LogP) is 5.90. The summed E-state index contributed by atoms with van der Waals surface area (Å²) < 4.78 is 0. The Morgan fingerprint density at radius 2 is 1.61 bits per heavy atom. The zero-order valence-corrected chi connectivity index (χ0v) is 18.8. The SMILES string of the molecule is CCN(CC)c1ccc(C(=O)N/N=C(\C)c2ccc3c(c2)Nc2ccccc2S3)cc1. The fraction of sp³-hybridized carbons (Fsp3) is 0.200. The van der Waals surface area contributed by atoms with Crippen molar-refractivity contribution in [3.63, 3.8) is 0 Å². The molecule has 4 rings (SSSR count). The minimum absolute atomic E-state index is 0.217. The van der Waals surface area contributed by atoms with Crippen LogP contribution in [0.25, 0.3) is 0 Å². The first-order valence-corrected chi connectivity index (χ1v) is 11.3. The van der Waals surface area contributed by atoms with E-state index < -0.39 is 0 Å². The van der Waals surface area contributed by atoms with Gasteiger partial charge in [0.15, 0.2) is 0 Å². The van der Waals surface area contributed by atoms with Crippen LogP contribution in [-0.2, 0) is 0 Å². The molecule has 3 aromatic carbocycles. The molecule has 0 fully saturated rings. The van der Waals surface area contributed by atoms with E-state index in [1.165, 1.54) is 9.79 Å². The smallest absolute Gasteiger partial charge is 0.271 e. The summed E-state index contributed by atoms with van der Waals surface area (Å²) in [6.07, 6.45) is 0. The molecule has 2 N–H and O–H groups in total. The fourth-order valence-electron chi connectivity index (χ4n) is 3.54. The van der Waals surface area contributed by atoms with E-state index in [9.17, 15) is 4.79 Å². The predicted molar refractivity (Wildman–Crippen MR) is 130 cm³/mol. The summed E-state index contributed by atoms with van der Waals surface area (Å²) in [7, 11) is 0. The maximum Gasteiger partial charge on any atom is 0.271 e. The molecule has 31 heavy (non-hydrogen) atoms. The van der Waals surface area contributed by atoms with Crippen molar-refractivity contribution in [3.8, 4) is 0 Å². The van der Waals surface area contributed by atoms with Crippen LogP contribution >= 0.6 is 11.8 Å². The van der Waals surface area contributed by atoms with E-state index >= 15 is 0 Å². The highest BCUT2D eigenvalue weighted by molar-refractivity contribution is 7.99. The second-order valence-electron chi connectivity index (χ2n) is 7.29. The monoisotopic (exact) mass is 430 g/mol. The molecule has 0 saturated carbocycles. The molecular weight excluding hydrogens is 404 g/mol. The first kappa shape index (κ1) is 21.0. The van der Waals surface area contributed by atoms with Gasteiger partial charge in [-0.15, -0.1) is 0 Å². The molecule has 0 saturated heterocycles. The third-order valence-corrected chi connectivity index (χ3v) is 6.51. The molecule has 3 aromatic rings. The summed E-state index contributed by atoms with van der Waals surface area (Å²) in [4.78, 5) is 17.2. The van der Waals surface area contributed by atoms with Crippen molar-refractivity contribution < 1.29 is 4.79 Å². The van der Waals surface area contributed by atoms with Gasteiger partial charge in [0.1, 0.15) is 0 Å². The van der Waals surface area contributed by atoms with Crippen LogP contribution in [-0.4, -0.2) is 24.7 Å². The Kier molecular flexibility index (Phi) is 6.28. The highest BCUT2D eigenvalue weighted by atomic mass is 32.2. The minimum Gasteiger partial charge on any atom is -0.372 e. The molecule has 0 spiro atoms. The quantitative estimate of drug-likeness (QED) is 0.296. The standard InChI is InChI=1S/C25H26N4OS/c1-4-29(5-2)20-13-10-18(11-14-20)25(30)28-27-17(3)19-12-15-24-22(16-19)26-21-8-6-7-9-23(21)31-24/h6-16,26H,4-5H2,1-3H3,(H,28,30)/b27-17+. The van der Waals surface area contributed by atoms with Crippen LogP contribution in [0, 0.1) is 0 Å². The Morgan fingerprint density at radius 1 is 0.935 bits per heavy atom. The van der Waals surface area contributed by atoms with Crippen LogP contribution in [0.3, 0.4) is 0 Å². The Hall–Kier alpha value is -3.25. The Balaban J connectivity index is 1.45. The van der Waals surface area contributed by atoms with E-state index in [-0.39, 0.29) is 5.91 Å². The van der Waals surface area contributed by atoms with Gasteiger partial charge in [0.25, 0.3) is 5.91 Å². The molecule has 1 aliphatic heterocycles. The van der Waals surface area contributed by atoms with E-state index in [2.05, 4.69) is 58.9 Å². The van der Waals surface area contributed by atoms with Gasteiger partial charge in [0.05, 0.1) is 17.1 Å². The molecular formula is C25H26N4OS. The zero-order valence-electron chi connectivity index (χ0n) is 18.0. The van der Waals surface area contributed by atoms with Crippen LogP contribution in [0.4, 0.5) is 17.1 Å². The summed E-state index contributed by atoms with van der Waals surface area (Å²) in [6, 6.07) is 22.1. The van der Waals surface area contributed by atoms with Crippen molar-refractivity contribution in [1.82, 2.24) is 5.43 Å². The van der Waals surface area contributed by atoms with Gasteiger partial charge >= 0.3 is 0 Å². The molecule has 0 atom stereocenters. The highest BCUT2D eigenvalue weighted by Crippen LogP contribution is 2.44. The van der Waals surface area contributed by atoms with Gasteiger partial charge in [-0.25, -0.2) is 5.43 Å². The topological polar surface area (TPSA) is 56.7 Å². The third kappa shape index (κ3) is 4.59. The molecule has 158 valence electrons. The second-order valence-corrected chi connectivity index (χ2v) is 8.38. The van der Waals surface area contributed by atoms with E-state index in [4.69, 9.17) is 0 Å². The van der Waals surface area contributed by atoms with Crippen LogP contribution in [0.15, 0.2) is 81.6 Å². The Labute approximate surface area is 187 Å². The van der Waals surface area contributed by atoms with Crippen molar-refractivity contribution in [2.75, 3.05) is 23.3 Å². The summed E-state index contributed by atoms with van der Waals surface area (Å²) in [5, 5.41) is 7.81. The van der Waals surface area contributed by atoms with Crippen molar-refractivity contribution in [2.24, 2.45) is 5.10 Å². The van der Waals surface area contributed by atoms with Gasteiger partial charge in [-0.05, 0) is 74.9 Å². The lowest BCUT2D eigenvalue weighted by atomic mass is 10.1. The summed E-state index contributed by atoms with van der Waals surface area (Å²) in [5.74, 6) is -0.217. The van der Waals surface area contributed by atoms with E-state index in [1.54, 1.807) is 11.8 Å². The maximum absolute atomic E-state index is 12.5. The number of fused-ring (bicyclic) bond motifs is 2. The molecule has 0 unspecified atom stereocenters. The molecule has 1 amide bonds. The molecule has 0 radical (unpaired) electrons. The first-order valence-electron chi connectivity index (χ1n) is 10.5. The number of carbonyl (C=O) groups excluding carboxylic acids is 1. The van der Waals surface area contributed by atoms with Gasteiger partial charge in [-0.1, -0.05) is 30.0 Å². The zero-order chi connectivity index (χ0) is 21.8. The number of carbonyl (C=O) groups is 1. The van der Waals surface area contributed by atoms with Gasteiger partial charge in [0, 0.05) is 34.1 Å². The molecule has 0 aliphatic carbocycles. The molecule has 0 aromatic heterocycles. The third-order valence-electron chi connectivity index (χ3n) is 5.36. The molecule has 5 nitrogen and oxygen atoms in total. The fourth-order valence-corrected chi connectivity index (χ4v) is 4.51. The summed E-state index contributed by atoms with van der Waals surface area (Å²) >= 11 is 1.75. The van der Waals surface area contributed by atoms with Gasteiger partial charge < -0.3 is 10.2 Å². The van der Waals surface area contributed by atoms with Crippen molar-refractivity contribution in [2.45, 2.75) is 30.6 Å². The van der Waals surface area contributed by atoms with Gasteiger partial charge in [-0.3, -0.25) is 4.79 Å². The summed E-state index contributed by atoms with van der Waals surface area (Å²) in [6.45, 7) is 8.01. The number of para-hydroxylation sites is 1. The van der Waals surface area contributed by atoms with Crippen molar-refractivity contribution in [3.05, 3.63) is 77.9 Å². The van der Waals surface area contributed by atoms with Crippen molar-refractivity contribution in [1.29, 1.82) is 0 Å². The number of hydrazone groups is 1. The first-order chi connectivity index (χ1) is 15.1. The number of hydrogen-bond donors (Lipinski definition) is 2. The second kappa shape index (κ2) is 9.27. The van der Waals surface area contributed by atoms with Gasteiger partial charge in [-0.2, -0.15) is 5.10 Å². The highest BCUT2D eigenvalue weighted by Gasteiger charge is 2.16. The number of nitrogens with zero attached hydrogens (tertiary/aromatic N) is 2. The van der Waals surface area contributed by atoms with Crippen LogP contribution in [0.1, 0.15) is 36.7 Å². The van der Waals surface area contributed by atoms with E-state index in [1.807, 2.05) is 49.4 Å². The summed E-state index contributed by atoms with van der Waals surface area (Å²) in [5.41, 5.74) is 8.25. The number of benzene rings is 3. The minimum atomic E-state index is -0.217. The number of nitrogens with one attached hydrogen (secondary N) is 2. The van der Waals surface area contributed by atoms with Gasteiger partial charge in [0.2, 0.25) is 0 Å². The molecule has 0 bridgehead atoms. The normalized spacial score (nSPS) is 12.4. The van der Waals surface area contributed by atoms with Crippen LogP contribution in [0.5, 0.6) is 0 Å². The molecule has 1 aliphatic rings. The Morgan fingerprint density at radius 3 is 2.35 bits per heavy atom. The molecule has 1 heterocycles. The largest absolute Gasteiger partial charge is 0.372 e. The number of rotatable bonds is 6. The average Bonchev–Trinajstić information content (AvgIpc) is 2.81. The van der Waals surface area contributed by atoms with Crippen LogP contribution in [0.2, 0.25) is 0 Å².